The lowest BCUT2D eigenvalue weighted by Crippen LogP contribution is -1.96. The van der Waals surface area contributed by atoms with Gasteiger partial charge in [0.25, 0.3) is 0 Å². The molecule has 0 saturated carbocycles. The van der Waals surface area contributed by atoms with E-state index in [1.807, 2.05) is 103 Å². The van der Waals surface area contributed by atoms with Crippen LogP contribution in [0.2, 0.25) is 0 Å². The van der Waals surface area contributed by atoms with Crippen LogP contribution in [0.15, 0.2) is 160 Å². The van der Waals surface area contributed by atoms with Gasteiger partial charge in [0.1, 0.15) is 22.3 Å². The number of hydrogen-bond donors (Lipinski definition) is 0. The Hall–Kier alpha value is -6.59. The monoisotopic (exact) mass is 615 g/mol. The number of hydrogen-bond acceptors (Lipinski definition) is 5. The highest BCUT2D eigenvalue weighted by molar-refractivity contribution is 6.19. The van der Waals surface area contributed by atoms with Gasteiger partial charge in [-0.3, -0.25) is 0 Å². The lowest BCUT2D eigenvalue weighted by atomic mass is 9.99. The summed E-state index contributed by atoms with van der Waals surface area (Å²) in [7, 11) is 0. The van der Waals surface area contributed by atoms with E-state index in [1.165, 1.54) is 0 Å². The van der Waals surface area contributed by atoms with Crippen molar-refractivity contribution in [2.24, 2.45) is 0 Å². The average molecular weight is 616 g/mol. The number of fused-ring (bicyclic) bond motifs is 8. The molecule has 0 unspecified atom stereocenters. The van der Waals surface area contributed by atoms with Crippen molar-refractivity contribution in [2.45, 2.75) is 0 Å². The van der Waals surface area contributed by atoms with Crippen LogP contribution < -0.4 is 0 Å². The predicted octanol–water partition coefficient (Wildman–Crippen LogP) is 11.5. The molecule has 0 atom stereocenters. The van der Waals surface area contributed by atoms with Crippen LogP contribution in [0.1, 0.15) is 0 Å². The third-order valence-corrected chi connectivity index (χ3v) is 9.09. The van der Waals surface area contributed by atoms with Crippen LogP contribution in [0, 0.1) is 0 Å². The third kappa shape index (κ3) is 4.15. The first-order chi connectivity index (χ1) is 23.8. The van der Waals surface area contributed by atoms with Gasteiger partial charge in [0.2, 0.25) is 0 Å². The minimum Gasteiger partial charge on any atom is -0.456 e. The zero-order valence-corrected chi connectivity index (χ0v) is 25.6. The maximum atomic E-state index is 6.60. The molecule has 5 nitrogen and oxygen atoms in total. The molecule has 10 aromatic rings. The summed E-state index contributed by atoms with van der Waals surface area (Å²) in [6.45, 7) is 0. The van der Waals surface area contributed by atoms with Gasteiger partial charge in [-0.25, -0.2) is 15.0 Å². The SMILES string of the molecule is c1ccc(-c2nc(-c3ccc4oc5c6ccccc6nc(-c6ccccc6)c5c4c3)cc(-c3cccc4oc5ccccc5c34)n2)cc1. The second kappa shape index (κ2) is 10.5. The zero-order chi connectivity index (χ0) is 31.6. The standard InChI is InChI=1S/C43H25N3O2/c1-3-12-26(13-4-1)41-40-32-24-28(22-23-37(32)48-42(40)30-16-7-9-19-33(30)44-41)34-25-35(46-43(45-34)27-14-5-2-6-15-27)29-18-11-21-38-39(29)31-17-8-10-20-36(31)47-38/h1-25H. The first kappa shape index (κ1) is 26.6. The summed E-state index contributed by atoms with van der Waals surface area (Å²) in [5.41, 5.74) is 10.7. The highest BCUT2D eigenvalue weighted by atomic mass is 16.3. The van der Waals surface area contributed by atoms with Crippen LogP contribution in [-0.4, -0.2) is 15.0 Å². The quantitative estimate of drug-likeness (QED) is 0.197. The van der Waals surface area contributed by atoms with E-state index in [0.717, 1.165) is 94.1 Å². The molecular formula is C43H25N3O2. The maximum Gasteiger partial charge on any atom is 0.160 e. The number of nitrogens with zero attached hydrogens (tertiary/aromatic N) is 3. The third-order valence-electron chi connectivity index (χ3n) is 9.09. The molecule has 0 aliphatic carbocycles. The van der Waals surface area contributed by atoms with Crippen LogP contribution in [0.4, 0.5) is 0 Å². The van der Waals surface area contributed by atoms with E-state index < -0.39 is 0 Å². The van der Waals surface area contributed by atoms with E-state index in [2.05, 4.69) is 48.5 Å². The number of benzene rings is 6. The number of aromatic nitrogens is 3. The molecule has 0 N–H and O–H groups in total. The Morgan fingerprint density at radius 1 is 0.396 bits per heavy atom. The number of pyridine rings is 1. The molecule has 0 spiro atoms. The second-order valence-electron chi connectivity index (χ2n) is 12.0. The van der Waals surface area contributed by atoms with E-state index in [1.54, 1.807) is 0 Å². The Bertz CT molecular complexity index is 2840. The summed E-state index contributed by atoms with van der Waals surface area (Å²) < 4.78 is 12.8. The highest BCUT2D eigenvalue weighted by Gasteiger charge is 2.20. The van der Waals surface area contributed by atoms with E-state index in [9.17, 15) is 0 Å². The van der Waals surface area contributed by atoms with Gasteiger partial charge in [-0.05, 0) is 48.5 Å². The van der Waals surface area contributed by atoms with Gasteiger partial charge in [-0.2, -0.15) is 0 Å². The first-order valence-corrected chi connectivity index (χ1v) is 15.9. The van der Waals surface area contributed by atoms with Crippen molar-refractivity contribution in [1.29, 1.82) is 0 Å². The number of rotatable bonds is 4. The van der Waals surface area contributed by atoms with Crippen LogP contribution in [-0.2, 0) is 0 Å². The van der Waals surface area contributed by atoms with E-state index in [-0.39, 0.29) is 0 Å². The Balaban J connectivity index is 1.25. The fourth-order valence-electron chi connectivity index (χ4n) is 6.86. The Morgan fingerprint density at radius 3 is 1.94 bits per heavy atom. The molecule has 224 valence electrons. The first-order valence-electron chi connectivity index (χ1n) is 15.9. The van der Waals surface area contributed by atoms with Crippen molar-refractivity contribution in [1.82, 2.24) is 15.0 Å². The van der Waals surface area contributed by atoms with Gasteiger partial charge in [-0.15, -0.1) is 0 Å². The van der Waals surface area contributed by atoms with Gasteiger partial charge in [-0.1, -0.05) is 103 Å². The molecule has 4 heterocycles. The van der Waals surface area contributed by atoms with E-state index in [4.69, 9.17) is 23.8 Å². The molecule has 5 heteroatoms. The fraction of sp³-hybridized carbons (Fsp3) is 0. The van der Waals surface area contributed by atoms with Crippen LogP contribution >= 0.6 is 0 Å². The summed E-state index contributed by atoms with van der Waals surface area (Å²) in [6.07, 6.45) is 0. The fourth-order valence-corrected chi connectivity index (χ4v) is 6.86. The van der Waals surface area contributed by atoms with Crippen molar-refractivity contribution in [2.75, 3.05) is 0 Å². The van der Waals surface area contributed by atoms with Gasteiger partial charge >= 0.3 is 0 Å². The summed E-state index contributed by atoms with van der Waals surface area (Å²) in [5.74, 6) is 0.655. The minimum absolute atomic E-state index is 0.655. The molecule has 48 heavy (non-hydrogen) atoms. The largest absolute Gasteiger partial charge is 0.456 e. The molecule has 0 radical (unpaired) electrons. The Kier molecular flexibility index (Phi) is 5.81. The molecule has 10 rings (SSSR count). The summed E-state index contributed by atoms with van der Waals surface area (Å²) in [4.78, 5) is 15.5. The van der Waals surface area contributed by atoms with Crippen molar-refractivity contribution in [3.8, 4) is 45.2 Å². The van der Waals surface area contributed by atoms with Crippen molar-refractivity contribution in [3.63, 3.8) is 0 Å². The number of para-hydroxylation sites is 2. The molecule has 0 aliphatic heterocycles. The normalized spacial score (nSPS) is 11.8. The highest BCUT2D eigenvalue weighted by Crippen LogP contribution is 2.42. The zero-order valence-electron chi connectivity index (χ0n) is 25.6. The predicted molar refractivity (Wildman–Crippen MR) is 194 cm³/mol. The maximum absolute atomic E-state index is 6.60. The number of furan rings is 2. The van der Waals surface area contributed by atoms with Gasteiger partial charge in [0.15, 0.2) is 5.82 Å². The topological polar surface area (TPSA) is 65.0 Å². The van der Waals surface area contributed by atoms with Gasteiger partial charge < -0.3 is 8.83 Å². The molecule has 4 aromatic heterocycles. The van der Waals surface area contributed by atoms with Crippen LogP contribution in [0.5, 0.6) is 0 Å². The Morgan fingerprint density at radius 2 is 1.08 bits per heavy atom. The minimum atomic E-state index is 0.655. The molecule has 0 saturated heterocycles. The molecule has 0 fully saturated rings. The van der Waals surface area contributed by atoms with Crippen molar-refractivity contribution >= 4 is 54.8 Å². The molecule has 0 bridgehead atoms. The summed E-state index contributed by atoms with van der Waals surface area (Å²) in [6, 6.07) is 51.3. The molecular weight excluding hydrogens is 590 g/mol. The Labute approximate surface area is 274 Å². The lowest BCUT2D eigenvalue weighted by molar-refractivity contribution is 0.669. The van der Waals surface area contributed by atoms with Crippen molar-refractivity contribution in [3.05, 3.63) is 152 Å². The smallest absolute Gasteiger partial charge is 0.160 e. The summed E-state index contributed by atoms with van der Waals surface area (Å²) >= 11 is 0. The van der Waals surface area contributed by atoms with Gasteiger partial charge in [0.05, 0.1) is 28.0 Å². The van der Waals surface area contributed by atoms with Crippen LogP contribution in [0.3, 0.4) is 0 Å². The summed E-state index contributed by atoms with van der Waals surface area (Å²) in [5, 5.41) is 5.07. The van der Waals surface area contributed by atoms with Crippen LogP contribution in [0.25, 0.3) is 99.9 Å². The molecule has 6 aromatic carbocycles. The van der Waals surface area contributed by atoms with E-state index >= 15 is 0 Å². The van der Waals surface area contributed by atoms with E-state index in [0.29, 0.717) is 5.82 Å². The van der Waals surface area contributed by atoms with Crippen molar-refractivity contribution < 1.29 is 8.83 Å². The molecule has 0 aliphatic rings. The molecule has 0 amide bonds. The average Bonchev–Trinajstić information content (AvgIpc) is 3.74. The second-order valence-corrected chi connectivity index (χ2v) is 12.0. The lowest BCUT2D eigenvalue weighted by Gasteiger charge is -2.10. The van der Waals surface area contributed by atoms with Gasteiger partial charge in [0, 0.05) is 43.8 Å².